The fraction of sp³-hybridized carbons (Fsp3) is 0.800. The summed E-state index contributed by atoms with van der Waals surface area (Å²) in [6.07, 6.45) is 6.03. The fourth-order valence-corrected chi connectivity index (χ4v) is 7.75. The van der Waals surface area contributed by atoms with E-state index in [2.05, 4.69) is 13.0 Å². The quantitative estimate of drug-likeness (QED) is 0.353. The molecule has 178 valence electrons. The number of aliphatic hydroxyl groups excluding tert-OH is 1. The van der Waals surface area contributed by atoms with E-state index >= 15 is 0 Å². The summed E-state index contributed by atoms with van der Waals surface area (Å²) in [5.41, 5.74) is -1.45. The molecule has 0 bridgehead atoms. The molecule has 0 aromatic heterocycles. The Morgan fingerprint density at radius 2 is 2.03 bits per heavy atom. The number of carbonyl (C=O) groups is 3. The number of hydrogen-bond donors (Lipinski definition) is 2. The molecule has 0 spiro atoms. The summed E-state index contributed by atoms with van der Waals surface area (Å²) in [5, 5.41) is 23.0. The maximum absolute atomic E-state index is 13.1. The molecule has 7 heteroatoms. The number of alkyl halides is 1. The van der Waals surface area contributed by atoms with Crippen LogP contribution in [0, 0.1) is 28.6 Å². The minimum atomic E-state index is -1.62. The fourth-order valence-electron chi connectivity index (χ4n) is 7.62. The number of rotatable bonds is 6. The largest absolute Gasteiger partial charge is 0.458 e. The lowest BCUT2D eigenvalue weighted by Crippen LogP contribution is -2.61. The highest BCUT2D eigenvalue weighted by Gasteiger charge is 2.68. The molecule has 0 aromatic rings. The maximum atomic E-state index is 13.1. The standard InChI is InChI=1S/C25H35ClO6/c1-23-9-7-16(27)12-15(23)5-6-17-18-8-10-25(31,24(18,2)13-19(28)22(17)23)20(29)14-32-21(30)4-3-11-26/h5,17-19,22,28,31H,3-4,6-14H2,1-2H3. The molecule has 7 atom stereocenters. The first kappa shape index (κ1) is 23.9. The Labute approximate surface area is 194 Å². The average molecular weight is 467 g/mol. The second kappa shape index (κ2) is 8.52. The number of allylic oxidation sites excluding steroid dienone is 2. The van der Waals surface area contributed by atoms with Crippen LogP contribution in [0.25, 0.3) is 0 Å². The maximum Gasteiger partial charge on any atom is 0.306 e. The Morgan fingerprint density at radius 3 is 2.75 bits per heavy atom. The van der Waals surface area contributed by atoms with Gasteiger partial charge in [0.05, 0.1) is 6.10 Å². The molecular formula is C25H35ClO6. The van der Waals surface area contributed by atoms with Gasteiger partial charge >= 0.3 is 5.97 Å². The number of aliphatic hydroxyl groups is 2. The van der Waals surface area contributed by atoms with Crippen LogP contribution in [0.1, 0.15) is 71.6 Å². The summed E-state index contributed by atoms with van der Waals surface area (Å²) < 4.78 is 5.13. The van der Waals surface area contributed by atoms with Crippen molar-refractivity contribution in [2.75, 3.05) is 12.5 Å². The molecule has 6 nitrogen and oxygen atoms in total. The Hall–Kier alpha value is -1.24. The number of fused-ring (bicyclic) bond motifs is 5. The topological polar surface area (TPSA) is 101 Å². The number of hydrogen-bond acceptors (Lipinski definition) is 6. The van der Waals surface area contributed by atoms with E-state index in [1.54, 1.807) is 0 Å². The third-order valence-corrected chi connectivity index (χ3v) is 9.63. The summed E-state index contributed by atoms with van der Waals surface area (Å²) in [4.78, 5) is 37.0. The lowest BCUT2D eigenvalue weighted by atomic mass is 9.46. The van der Waals surface area contributed by atoms with Crippen molar-refractivity contribution < 1.29 is 29.3 Å². The zero-order valence-electron chi connectivity index (χ0n) is 19.1. The third kappa shape index (κ3) is 3.57. The molecule has 0 amide bonds. The van der Waals surface area contributed by atoms with Crippen molar-refractivity contribution in [1.82, 2.24) is 0 Å². The summed E-state index contributed by atoms with van der Waals surface area (Å²) in [6, 6.07) is 0. The summed E-state index contributed by atoms with van der Waals surface area (Å²) in [5.74, 6) is -0.0908. The monoisotopic (exact) mass is 466 g/mol. The molecule has 0 aromatic carbocycles. The highest BCUT2D eigenvalue weighted by Crippen LogP contribution is 2.67. The van der Waals surface area contributed by atoms with Gasteiger partial charge in [-0.3, -0.25) is 14.4 Å². The van der Waals surface area contributed by atoms with Crippen molar-refractivity contribution in [2.45, 2.75) is 83.3 Å². The smallest absolute Gasteiger partial charge is 0.306 e. The van der Waals surface area contributed by atoms with Crippen LogP contribution in [-0.2, 0) is 19.1 Å². The van der Waals surface area contributed by atoms with Gasteiger partial charge in [0.15, 0.2) is 6.61 Å². The van der Waals surface area contributed by atoms with Crippen LogP contribution >= 0.6 is 11.6 Å². The molecule has 7 unspecified atom stereocenters. The van der Waals surface area contributed by atoms with Crippen LogP contribution in [0.2, 0.25) is 0 Å². The zero-order valence-corrected chi connectivity index (χ0v) is 19.8. The van der Waals surface area contributed by atoms with Gasteiger partial charge in [-0.1, -0.05) is 25.5 Å². The van der Waals surface area contributed by atoms with Crippen LogP contribution in [0.4, 0.5) is 0 Å². The molecule has 2 N–H and O–H groups in total. The van der Waals surface area contributed by atoms with Gasteiger partial charge in [0, 0.05) is 30.6 Å². The van der Waals surface area contributed by atoms with Gasteiger partial charge in [-0.2, -0.15) is 0 Å². The molecule has 3 fully saturated rings. The Balaban J connectivity index is 1.55. The van der Waals surface area contributed by atoms with E-state index in [0.717, 1.165) is 18.4 Å². The Morgan fingerprint density at radius 1 is 1.28 bits per heavy atom. The lowest BCUT2D eigenvalue weighted by Gasteiger charge is -2.59. The van der Waals surface area contributed by atoms with Gasteiger partial charge in [-0.25, -0.2) is 0 Å². The van der Waals surface area contributed by atoms with E-state index in [0.29, 0.717) is 44.4 Å². The molecule has 4 aliphatic rings. The molecule has 0 saturated heterocycles. The average Bonchev–Trinajstić information content (AvgIpc) is 3.02. The SMILES string of the molecule is CC12CCC(=O)CC1=CCC1C2C(O)CC2(C)C1CCC2(O)C(=O)COC(=O)CCCCl. The lowest BCUT2D eigenvalue weighted by molar-refractivity contribution is -0.182. The number of Topliss-reactive ketones (excluding diaryl/α,β-unsaturated/α-hetero) is 2. The normalized spacial score (nSPS) is 43.0. The van der Waals surface area contributed by atoms with Gasteiger partial charge in [-0.05, 0) is 61.7 Å². The number of carbonyl (C=O) groups excluding carboxylic acids is 3. The van der Waals surface area contributed by atoms with Crippen molar-refractivity contribution in [2.24, 2.45) is 28.6 Å². The van der Waals surface area contributed by atoms with Gasteiger partial charge in [0.1, 0.15) is 11.4 Å². The number of ketones is 2. The number of ether oxygens (including phenoxy) is 1. The second-order valence-electron chi connectivity index (χ2n) is 10.9. The summed E-state index contributed by atoms with van der Waals surface area (Å²) in [7, 11) is 0. The molecule has 4 rings (SSSR count). The molecule has 0 radical (unpaired) electrons. The van der Waals surface area contributed by atoms with Crippen molar-refractivity contribution >= 4 is 29.1 Å². The minimum Gasteiger partial charge on any atom is -0.458 e. The zero-order chi connectivity index (χ0) is 23.3. The Bertz CT molecular complexity index is 838. The third-order valence-electron chi connectivity index (χ3n) is 9.36. The number of esters is 1. The minimum absolute atomic E-state index is 0.0273. The van der Waals surface area contributed by atoms with E-state index in [-0.39, 0.29) is 35.4 Å². The molecule has 32 heavy (non-hydrogen) atoms. The van der Waals surface area contributed by atoms with Crippen molar-refractivity contribution in [1.29, 1.82) is 0 Å². The van der Waals surface area contributed by atoms with E-state index in [1.807, 2.05) is 6.92 Å². The molecule has 3 saturated carbocycles. The van der Waals surface area contributed by atoms with Crippen LogP contribution in [0.5, 0.6) is 0 Å². The van der Waals surface area contributed by atoms with E-state index in [9.17, 15) is 24.6 Å². The van der Waals surface area contributed by atoms with Crippen LogP contribution < -0.4 is 0 Å². The first-order valence-corrected chi connectivity index (χ1v) is 12.5. The molecule has 0 aliphatic heterocycles. The summed E-state index contributed by atoms with van der Waals surface area (Å²) >= 11 is 5.60. The molecular weight excluding hydrogens is 432 g/mol. The highest BCUT2D eigenvalue weighted by atomic mass is 35.5. The van der Waals surface area contributed by atoms with Crippen molar-refractivity contribution in [3.63, 3.8) is 0 Å². The van der Waals surface area contributed by atoms with Crippen LogP contribution in [-0.4, -0.2) is 51.9 Å². The highest BCUT2D eigenvalue weighted by molar-refractivity contribution is 6.17. The molecule has 0 heterocycles. The van der Waals surface area contributed by atoms with Crippen molar-refractivity contribution in [3.8, 4) is 0 Å². The predicted octanol–water partition coefficient (Wildman–Crippen LogP) is 3.35. The van der Waals surface area contributed by atoms with E-state index in [1.165, 1.54) is 0 Å². The van der Waals surface area contributed by atoms with Gasteiger partial charge in [0.25, 0.3) is 0 Å². The molecule has 4 aliphatic carbocycles. The van der Waals surface area contributed by atoms with Crippen LogP contribution in [0.15, 0.2) is 11.6 Å². The van der Waals surface area contributed by atoms with Gasteiger partial charge in [0.2, 0.25) is 5.78 Å². The van der Waals surface area contributed by atoms with Gasteiger partial charge in [-0.15, -0.1) is 11.6 Å². The van der Waals surface area contributed by atoms with Crippen LogP contribution in [0.3, 0.4) is 0 Å². The first-order chi connectivity index (χ1) is 15.1. The van der Waals surface area contributed by atoms with Gasteiger partial charge < -0.3 is 14.9 Å². The van der Waals surface area contributed by atoms with E-state index in [4.69, 9.17) is 16.3 Å². The Kier molecular flexibility index (Phi) is 6.36. The summed E-state index contributed by atoms with van der Waals surface area (Å²) in [6.45, 7) is 3.65. The number of halogens is 1. The van der Waals surface area contributed by atoms with Crippen molar-refractivity contribution in [3.05, 3.63) is 11.6 Å². The second-order valence-corrected chi connectivity index (χ2v) is 11.2. The predicted molar refractivity (Wildman–Crippen MR) is 119 cm³/mol. The first-order valence-electron chi connectivity index (χ1n) is 11.9. The van der Waals surface area contributed by atoms with E-state index < -0.39 is 35.5 Å².